The van der Waals surface area contributed by atoms with Crippen LogP contribution in [0.3, 0.4) is 0 Å². The Kier molecular flexibility index (Phi) is 5.30. The zero-order chi connectivity index (χ0) is 23.4. The Morgan fingerprint density at radius 2 is 1.88 bits per heavy atom. The largest absolute Gasteiger partial charge is 0.373 e. The Bertz CT molecular complexity index is 1400. The van der Waals surface area contributed by atoms with E-state index in [1.54, 1.807) is 12.1 Å². The van der Waals surface area contributed by atoms with Crippen molar-refractivity contribution in [3.05, 3.63) is 70.4 Å². The van der Waals surface area contributed by atoms with Crippen LogP contribution in [0.1, 0.15) is 60.8 Å². The predicted octanol–water partition coefficient (Wildman–Crippen LogP) is 6.10. The normalized spacial score (nSPS) is 20.7. The average molecular weight is 482 g/mol. The summed E-state index contributed by atoms with van der Waals surface area (Å²) in [5.41, 5.74) is 2.63. The fourth-order valence-electron chi connectivity index (χ4n) is 4.54. The average Bonchev–Trinajstić information content (AvgIpc) is 3.58. The van der Waals surface area contributed by atoms with Gasteiger partial charge in [0.1, 0.15) is 5.82 Å². The number of pyridine rings is 1. The van der Waals surface area contributed by atoms with Gasteiger partial charge in [-0.2, -0.15) is 5.10 Å². The zero-order valence-corrected chi connectivity index (χ0v) is 19.3. The van der Waals surface area contributed by atoms with Gasteiger partial charge in [0.25, 0.3) is 0 Å². The van der Waals surface area contributed by atoms with Crippen molar-refractivity contribution < 1.29 is 13.5 Å². The number of rotatable bonds is 4. The van der Waals surface area contributed by atoms with E-state index in [-0.39, 0.29) is 22.6 Å². The number of hydrogen-bond donors (Lipinski definition) is 0. The molecule has 1 aromatic carbocycles. The molecule has 4 heterocycles. The SMILES string of the molecule is Cc1ccc2c(-c3ccc(Cl)c(F)c3F)nc([C@H]3CCO[C@H](c4cnn(C5CC5)c4)C3)nc2n1. The molecule has 2 fully saturated rings. The minimum Gasteiger partial charge on any atom is -0.373 e. The summed E-state index contributed by atoms with van der Waals surface area (Å²) in [6, 6.07) is 6.89. The van der Waals surface area contributed by atoms with Gasteiger partial charge in [-0.25, -0.2) is 23.7 Å². The molecule has 9 heteroatoms. The van der Waals surface area contributed by atoms with Gasteiger partial charge in [-0.3, -0.25) is 4.68 Å². The van der Waals surface area contributed by atoms with Crippen molar-refractivity contribution in [3.63, 3.8) is 0 Å². The summed E-state index contributed by atoms with van der Waals surface area (Å²) in [5.74, 6) is -1.59. The summed E-state index contributed by atoms with van der Waals surface area (Å²) in [5, 5.41) is 4.78. The monoisotopic (exact) mass is 481 g/mol. The Morgan fingerprint density at radius 3 is 2.71 bits per heavy atom. The lowest BCUT2D eigenvalue weighted by molar-refractivity contribution is 0.00396. The number of aromatic nitrogens is 5. The van der Waals surface area contributed by atoms with E-state index in [0.717, 1.165) is 30.5 Å². The molecule has 2 aliphatic rings. The molecule has 2 atom stereocenters. The highest BCUT2D eigenvalue weighted by atomic mass is 35.5. The standard InChI is InChI=1S/C25H22ClF2N5O/c1-13-2-5-18-23(17-6-7-19(26)22(28)21(17)27)31-24(32-25(18)30-13)14-8-9-34-20(10-14)15-11-29-33(12-15)16-3-4-16/h2,5-7,11-12,14,16,20H,3-4,8-10H2,1H3/t14-,20-/m0/s1. The molecule has 0 bridgehead atoms. The maximum Gasteiger partial charge on any atom is 0.178 e. The molecule has 0 unspecified atom stereocenters. The van der Waals surface area contributed by atoms with E-state index in [4.69, 9.17) is 26.3 Å². The van der Waals surface area contributed by atoms with E-state index < -0.39 is 11.6 Å². The molecule has 4 aromatic rings. The molecule has 1 saturated heterocycles. The van der Waals surface area contributed by atoms with E-state index in [1.165, 1.54) is 12.1 Å². The molecule has 1 saturated carbocycles. The molecule has 1 aliphatic carbocycles. The number of ether oxygens (including phenoxy) is 1. The first-order valence-electron chi connectivity index (χ1n) is 11.4. The van der Waals surface area contributed by atoms with Crippen LogP contribution in [0, 0.1) is 18.6 Å². The number of benzene rings is 1. The molecule has 174 valence electrons. The molecule has 0 amide bonds. The van der Waals surface area contributed by atoms with Crippen LogP contribution >= 0.6 is 11.6 Å². The second-order valence-corrected chi connectivity index (χ2v) is 9.45. The van der Waals surface area contributed by atoms with Crippen molar-refractivity contribution in [1.29, 1.82) is 0 Å². The third-order valence-corrected chi connectivity index (χ3v) is 6.86. The molecule has 34 heavy (non-hydrogen) atoms. The molecular weight excluding hydrogens is 460 g/mol. The van der Waals surface area contributed by atoms with Gasteiger partial charge in [-0.15, -0.1) is 0 Å². The molecule has 1 aliphatic heterocycles. The van der Waals surface area contributed by atoms with Crippen LogP contribution in [0.2, 0.25) is 5.02 Å². The summed E-state index contributed by atoms with van der Waals surface area (Å²) in [4.78, 5) is 14.1. The molecule has 3 aromatic heterocycles. The fraction of sp³-hybridized carbons (Fsp3) is 0.360. The highest BCUT2D eigenvalue weighted by Crippen LogP contribution is 2.40. The lowest BCUT2D eigenvalue weighted by Gasteiger charge is -2.28. The van der Waals surface area contributed by atoms with Gasteiger partial charge in [0.05, 0.1) is 29.1 Å². The van der Waals surface area contributed by atoms with E-state index >= 15 is 0 Å². The highest BCUT2D eigenvalue weighted by Gasteiger charge is 2.31. The molecule has 0 radical (unpaired) electrons. The van der Waals surface area contributed by atoms with Crippen molar-refractivity contribution in [2.45, 2.75) is 50.7 Å². The molecule has 6 nitrogen and oxygen atoms in total. The minimum atomic E-state index is -1.09. The molecule has 6 rings (SSSR count). The van der Waals surface area contributed by atoms with Gasteiger partial charge < -0.3 is 4.74 Å². The van der Waals surface area contributed by atoms with E-state index in [9.17, 15) is 8.78 Å². The summed E-state index contributed by atoms with van der Waals surface area (Å²) >= 11 is 5.78. The Balaban J connectivity index is 1.41. The first kappa shape index (κ1) is 21.6. The Labute approximate surface area is 200 Å². The second-order valence-electron chi connectivity index (χ2n) is 9.04. The van der Waals surface area contributed by atoms with Gasteiger partial charge in [0, 0.05) is 40.9 Å². The van der Waals surface area contributed by atoms with E-state index in [1.807, 2.05) is 17.8 Å². The first-order chi connectivity index (χ1) is 16.5. The van der Waals surface area contributed by atoms with Crippen molar-refractivity contribution in [2.24, 2.45) is 0 Å². The smallest absolute Gasteiger partial charge is 0.178 e. The Hall–Kier alpha value is -2.97. The number of fused-ring (bicyclic) bond motifs is 1. The quantitative estimate of drug-likeness (QED) is 0.329. The van der Waals surface area contributed by atoms with Crippen LogP contribution in [-0.2, 0) is 4.74 Å². The van der Waals surface area contributed by atoms with Crippen LogP contribution in [0.15, 0.2) is 36.7 Å². The van der Waals surface area contributed by atoms with Crippen LogP contribution in [0.5, 0.6) is 0 Å². The summed E-state index contributed by atoms with van der Waals surface area (Å²) in [6.07, 6.45) is 7.54. The number of aryl methyl sites for hydroxylation is 1. The van der Waals surface area contributed by atoms with Crippen LogP contribution in [0.4, 0.5) is 8.78 Å². The third-order valence-electron chi connectivity index (χ3n) is 6.57. The predicted molar refractivity (Wildman–Crippen MR) is 124 cm³/mol. The lowest BCUT2D eigenvalue weighted by atomic mass is 9.92. The van der Waals surface area contributed by atoms with Gasteiger partial charge >= 0.3 is 0 Å². The maximum atomic E-state index is 14.9. The van der Waals surface area contributed by atoms with Crippen molar-refractivity contribution in [3.8, 4) is 11.3 Å². The minimum absolute atomic E-state index is 0.0197. The van der Waals surface area contributed by atoms with Crippen molar-refractivity contribution in [2.75, 3.05) is 6.61 Å². The number of halogens is 3. The maximum absolute atomic E-state index is 14.9. The second kappa shape index (κ2) is 8.36. The third kappa shape index (κ3) is 3.84. The molecular formula is C25H22ClF2N5O. The molecule has 0 N–H and O–H groups in total. The van der Waals surface area contributed by atoms with Gasteiger partial charge in [0.15, 0.2) is 17.3 Å². The van der Waals surface area contributed by atoms with Crippen LogP contribution in [-0.4, -0.2) is 31.3 Å². The van der Waals surface area contributed by atoms with Gasteiger partial charge in [-0.05, 0) is 56.9 Å². The van der Waals surface area contributed by atoms with E-state index in [0.29, 0.717) is 41.6 Å². The number of nitrogens with zero attached hydrogens (tertiary/aromatic N) is 5. The topological polar surface area (TPSA) is 65.7 Å². The van der Waals surface area contributed by atoms with Crippen molar-refractivity contribution in [1.82, 2.24) is 24.7 Å². The Morgan fingerprint density at radius 1 is 1.03 bits per heavy atom. The zero-order valence-electron chi connectivity index (χ0n) is 18.5. The first-order valence-corrected chi connectivity index (χ1v) is 11.8. The summed E-state index contributed by atoms with van der Waals surface area (Å²) < 4.78 is 37.3. The van der Waals surface area contributed by atoms with Crippen LogP contribution < -0.4 is 0 Å². The fourth-order valence-corrected chi connectivity index (χ4v) is 4.69. The van der Waals surface area contributed by atoms with Gasteiger partial charge in [-0.1, -0.05) is 11.6 Å². The van der Waals surface area contributed by atoms with Crippen LogP contribution in [0.25, 0.3) is 22.3 Å². The van der Waals surface area contributed by atoms with Gasteiger partial charge in [0.2, 0.25) is 0 Å². The van der Waals surface area contributed by atoms with Crippen molar-refractivity contribution >= 4 is 22.6 Å². The summed E-state index contributed by atoms with van der Waals surface area (Å²) in [6.45, 7) is 2.41. The molecule has 0 spiro atoms. The summed E-state index contributed by atoms with van der Waals surface area (Å²) in [7, 11) is 0. The number of hydrogen-bond acceptors (Lipinski definition) is 5. The van der Waals surface area contributed by atoms with E-state index in [2.05, 4.69) is 16.3 Å². The lowest BCUT2D eigenvalue weighted by Crippen LogP contribution is -2.20. The highest BCUT2D eigenvalue weighted by molar-refractivity contribution is 6.30.